The molecular formula is C17H27NOS. The number of thioether (sulfide) groups is 1. The van der Waals surface area contributed by atoms with Crippen LogP contribution in [0, 0.1) is 0 Å². The Morgan fingerprint density at radius 2 is 2.10 bits per heavy atom. The Morgan fingerprint density at radius 1 is 1.30 bits per heavy atom. The van der Waals surface area contributed by atoms with Gasteiger partial charge in [0.05, 0.1) is 7.11 Å². The number of aryl methyl sites for hydroxylation is 1. The van der Waals surface area contributed by atoms with Crippen LogP contribution in [0.1, 0.15) is 38.2 Å². The molecular weight excluding hydrogens is 266 g/mol. The highest BCUT2D eigenvalue weighted by Gasteiger charge is 2.14. The summed E-state index contributed by atoms with van der Waals surface area (Å²) in [6, 6.07) is 9.03. The van der Waals surface area contributed by atoms with Gasteiger partial charge in [-0.2, -0.15) is 11.8 Å². The highest BCUT2D eigenvalue weighted by Crippen LogP contribution is 2.24. The van der Waals surface area contributed by atoms with E-state index in [2.05, 4.69) is 36.1 Å². The van der Waals surface area contributed by atoms with Crippen LogP contribution in [-0.4, -0.2) is 30.7 Å². The molecule has 0 aliphatic carbocycles. The number of benzene rings is 1. The van der Waals surface area contributed by atoms with Crippen molar-refractivity contribution in [2.45, 2.75) is 50.3 Å². The van der Waals surface area contributed by atoms with E-state index in [4.69, 9.17) is 4.74 Å². The molecule has 20 heavy (non-hydrogen) atoms. The third-order valence-corrected chi connectivity index (χ3v) is 5.39. The summed E-state index contributed by atoms with van der Waals surface area (Å²) >= 11 is 2.15. The standard InChI is InChI=1S/C17H27NOS/c1-14(18-13-17-5-3-4-12-20-17)6-7-15-8-10-16(19-2)11-9-15/h8-11,14,17-18H,3-7,12-13H2,1-2H3. The predicted molar refractivity (Wildman–Crippen MR) is 88.9 cm³/mol. The molecule has 0 spiro atoms. The lowest BCUT2D eigenvalue weighted by atomic mass is 10.1. The normalized spacial score (nSPS) is 20.6. The zero-order chi connectivity index (χ0) is 14.2. The molecule has 1 N–H and O–H groups in total. The number of methoxy groups -OCH3 is 1. The molecule has 1 fully saturated rings. The molecule has 1 aromatic carbocycles. The second-order valence-corrected chi connectivity index (χ2v) is 7.09. The smallest absolute Gasteiger partial charge is 0.118 e. The van der Waals surface area contributed by atoms with Crippen molar-refractivity contribution >= 4 is 11.8 Å². The topological polar surface area (TPSA) is 21.3 Å². The highest BCUT2D eigenvalue weighted by molar-refractivity contribution is 7.99. The maximum atomic E-state index is 5.19. The largest absolute Gasteiger partial charge is 0.497 e. The molecule has 1 aromatic rings. The van der Waals surface area contributed by atoms with Gasteiger partial charge in [0.1, 0.15) is 5.75 Å². The van der Waals surface area contributed by atoms with Gasteiger partial charge in [0, 0.05) is 17.8 Å². The molecule has 2 nitrogen and oxygen atoms in total. The third-order valence-electron chi connectivity index (χ3n) is 3.99. The zero-order valence-electron chi connectivity index (χ0n) is 12.7. The minimum absolute atomic E-state index is 0.597. The van der Waals surface area contributed by atoms with Crippen LogP contribution >= 0.6 is 11.8 Å². The fourth-order valence-corrected chi connectivity index (χ4v) is 3.83. The van der Waals surface area contributed by atoms with Crippen molar-refractivity contribution in [3.63, 3.8) is 0 Å². The molecule has 1 saturated heterocycles. The van der Waals surface area contributed by atoms with E-state index in [0.29, 0.717) is 6.04 Å². The van der Waals surface area contributed by atoms with Crippen molar-refractivity contribution in [1.82, 2.24) is 5.32 Å². The maximum Gasteiger partial charge on any atom is 0.118 e. The zero-order valence-corrected chi connectivity index (χ0v) is 13.5. The van der Waals surface area contributed by atoms with E-state index in [0.717, 1.165) is 17.4 Å². The van der Waals surface area contributed by atoms with Crippen molar-refractivity contribution in [2.75, 3.05) is 19.4 Å². The van der Waals surface area contributed by atoms with Gasteiger partial charge in [0.15, 0.2) is 0 Å². The van der Waals surface area contributed by atoms with Crippen LogP contribution in [0.5, 0.6) is 5.75 Å². The van der Waals surface area contributed by atoms with E-state index in [9.17, 15) is 0 Å². The SMILES string of the molecule is COc1ccc(CCC(C)NCC2CCCCS2)cc1. The summed E-state index contributed by atoms with van der Waals surface area (Å²) in [5.41, 5.74) is 1.39. The summed E-state index contributed by atoms with van der Waals surface area (Å²) in [4.78, 5) is 0. The molecule has 1 aliphatic rings. The summed E-state index contributed by atoms with van der Waals surface area (Å²) in [6.07, 6.45) is 6.55. The first-order valence-electron chi connectivity index (χ1n) is 7.76. The van der Waals surface area contributed by atoms with Crippen molar-refractivity contribution in [2.24, 2.45) is 0 Å². The first-order valence-corrected chi connectivity index (χ1v) is 8.80. The van der Waals surface area contributed by atoms with Crippen LogP contribution in [0.25, 0.3) is 0 Å². The van der Waals surface area contributed by atoms with Crippen LogP contribution in [-0.2, 0) is 6.42 Å². The van der Waals surface area contributed by atoms with Gasteiger partial charge in [0.2, 0.25) is 0 Å². The number of hydrogen-bond acceptors (Lipinski definition) is 3. The molecule has 2 rings (SSSR count). The summed E-state index contributed by atoms with van der Waals surface area (Å²) < 4.78 is 5.19. The lowest BCUT2D eigenvalue weighted by Crippen LogP contribution is -2.33. The second-order valence-electron chi connectivity index (χ2n) is 5.68. The molecule has 2 unspecified atom stereocenters. The van der Waals surface area contributed by atoms with Crippen LogP contribution in [0.2, 0.25) is 0 Å². The Bertz CT molecular complexity index is 373. The highest BCUT2D eigenvalue weighted by atomic mass is 32.2. The fraction of sp³-hybridized carbons (Fsp3) is 0.647. The third kappa shape index (κ3) is 5.37. The average molecular weight is 293 g/mol. The van der Waals surface area contributed by atoms with Gasteiger partial charge in [-0.25, -0.2) is 0 Å². The number of rotatable bonds is 7. The van der Waals surface area contributed by atoms with Gasteiger partial charge in [-0.3, -0.25) is 0 Å². The Labute approximate surface area is 127 Å². The lowest BCUT2D eigenvalue weighted by molar-refractivity contribution is 0.414. The maximum absolute atomic E-state index is 5.19. The minimum atomic E-state index is 0.597. The molecule has 0 amide bonds. The molecule has 0 bridgehead atoms. The van der Waals surface area contributed by atoms with Gasteiger partial charge in [-0.15, -0.1) is 0 Å². The lowest BCUT2D eigenvalue weighted by Gasteiger charge is -2.23. The first kappa shape index (κ1) is 15.7. The van der Waals surface area contributed by atoms with E-state index in [1.54, 1.807) is 7.11 Å². The molecule has 0 radical (unpaired) electrons. The molecule has 3 heteroatoms. The van der Waals surface area contributed by atoms with Gasteiger partial charge < -0.3 is 10.1 Å². The Hall–Kier alpha value is -0.670. The second kappa shape index (κ2) is 8.58. The molecule has 1 aliphatic heterocycles. The van der Waals surface area contributed by atoms with Crippen molar-refractivity contribution in [1.29, 1.82) is 0 Å². The Kier molecular flexibility index (Phi) is 6.74. The molecule has 1 heterocycles. The van der Waals surface area contributed by atoms with Gasteiger partial charge in [0.25, 0.3) is 0 Å². The molecule has 2 atom stereocenters. The molecule has 0 aromatic heterocycles. The predicted octanol–water partition coefficient (Wildman–Crippen LogP) is 3.89. The number of nitrogens with one attached hydrogen (secondary N) is 1. The first-order chi connectivity index (χ1) is 9.78. The van der Waals surface area contributed by atoms with E-state index >= 15 is 0 Å². The van der Waals surface area contributed by atoms with Gasteiger partial charge in [-0.1, -0.05) is 18.6 Å². The molecule has 0 saturated carbocycles. The van der Waals surface area contributed by atoms with E-state index in [-0.39, 0.29) is 0 Å². The summed E-state index contributed by atoms with van der Waals surface area (Å²) in [5, 5.41) is 4.54. The minimum Gasteiger partial charge on any atom is -0.497 e. The summed E-state index contributed by atoms with van der Waals surface area (Å²) in [5.74, 6) is 2.29. The number of hydrogen-bond donors (Lipinski definition) is 1. The quantitative estimate of drug-likeness (QED) is 0.824. The number of ether oxygens (including phenoxy) is 1. The van der Waals surface area contributed by atoms with Crippen LogP contribution in [0.4, 0.5) is 0 Å². The summed E-state index contributed by atoms with van der Waals surface area (Å²) in [7, 11) is 1.71. The van der Waals surface area contributed by atoms with Crippen molar-refractivity contribution in [3.05, 3.63) is 29.8 Å². The van der Waals surface area contributed by atoms with E-state index < -0.39 is 0 Å². The van der Waals surface area contributed by atoms with E-state index in [1.165, 1.54) is 43.5 Å². The average Bonchev–Trinajstić information content (AvgIpc) is 2.52. The van der Waals surface area contributed by atoms with Gasteiger partial charge >= 0.3 is 0 Å². The summed E-state index contributed by atoms with van der Waals surface area (Å²) in [6.45, 7) is 3.48. The Balaban J connectivity index is 1.64. The van der Waals surface area contributed by atoms with Crippen molar-refractivity contribution < 1.29 is 4.74 Å². The van der Waals surface area contributed by atoms with Crippen LogP contribution in [0.15, 0.2) is 24.3 Å². The van der Waals surface area contributed by atoms with Gasteiger partial charge in [-0.05, 0) is 56.1 Å². The van der Waals surface area contributed by atoms with Crippen molar-refractivity contribution in [3.8, 4) is 5.75 Å². The van der Waals surface area contributed by atoms with Crippen LogP contribution in [0.3, 0.4) is 0 Å². The molecule has 112 valence electrons. The fourth-order valence-electron chi connectivity index (χ4n) is 2.58. The van der Waals surface area contributed by atoms with E-state index in [1.807, 2.05) is 12.1 Å². The Morgan fingerprint density at radius 3 is 2.75 bits per heavy atom. The monoisotopic (exact) mass is 293 g/mol. The van der Waals surface area contributed by atoms with Crippen LogP contribution < -0.4 is 10.1 Å².